The maximum Gasteiger partial charge on any atom is 0.124 e. The first-order chi connectivity index (χ1) is 7.66. The van der Waals surface area contributed by atoms with Crippen molar-refractivity contribution in [2.75, 3.05) is 0 Å². The van der Waals surface area contributed by atoms with Crippen molar-refractivity contribution in [3.63, 3.8) is 0 Å². The molecule has 0 aliphatic heterocycles. The molecular weight excluding hydrogens is 275 g/mol. The number of hydrogen-bond acceptors (Lipinski definition) is 3. The largest absolute Gasteiger partial charge is 0.384 e. The fraction of sp³-hybridized carbons (Fsp3) is 0.0909. The second-order valence-corrected chi connectivity index (χ2v) is 4.19. The van der Waals surface area contributed by atoms with Crippen LogP contribution in [0.25, 0.3) is 0 Å². The second-order valence-electron chi connectivity index (χ2n) is 3.28. The molecule has 1 unspecified atom stereocenters. The fourth-order valence-corrected chi connectivity index (χ4v) is 1.86. The van der Waals surface area contributed by atoms with Crippen LogP contribution in [0, 0.1) is 5.82 Å². The van der Waals surface area contributed by atoms with Gasteiger partial charge in [0.05, 0.1) is 0 Å². The lowest BCUT2D eigenvalue weighted by Crippen LogP contribution is -2.01. The van der Waals surface area contributed by atoms with E-state index in [1.165, 1.54) is 30.9 Å². The average molecular weight is 283 g/mol. The molecule has 1 atom stereocenters. The van der Waals surface area contributed by atoms with Gasteiger partial charge < -0.3 is 5.11 Å². The number of aliphatic hydroxyl groups excluding tert-OH is 1. The number of benzene rings is 1. The Hall–Kier alpha value is -1.33. The number of nitrogens with zero attached hydrogens (tertiary/aromatic N) is 2. The molecule has 2 rings (SSSR count). The minimum Gasteiger partial charge on any atom is -0.384 e. The zero-order chi connectivity index (χ0) is 11.5. The maximum absolute atomic E-state index is 13.1. The van der Waals surface area contributed by atoms with Crippen LogP contribution >= 0.6 is 15.9 Å². The van der Waals surface area contributed by atoms with Crippen LogP contribution in [-0.4, -0.2) is 15.1 Å². The Morgan fingerprint density at radius 1 is 1.12 bits per heavy atom. The van der Waals surface area contributed by atoms with Gasteiger partial charge in [0.15, 0.2) is 0 Å². The lowest BCUT2D eigenvalue weighted by molar-refractivity contribution is 0.219. The molecule has 0 fully saturated rings. The predicted molar refractivity (Wildman–Crippen MR) is 60.2 cm³/mol. The first-order valence-corrected chi connectivity index (χ1v) is 5.35. The van der Waals surface area contributed by atoms with Crippen LogP contribution in [0.3, 0.4) is 0 Å². The summed E-state index contributed by atoms with van der Waals surface area (Å²) >= 11 is 3.17. The van der Waals surface area contributed by atoms with Gasteiger partial charge >= 0.3 is 0 Å². The van der Waals surface area contributed by atoms with Gasteiger partial charge in [-0.3, -0.25) is 0 Å². The summed E-state index contributed by atoms with van der Waals surface area (Å²) in [5, 5.41) is 9.97. The number of halogens is 2. The van der Waals surface area contributed by atoms with E-state index in [1.807, 2.05) is 0 Å². The molecule has 0 aliphatic rings. The molecule has 82 valence electrons. The van der Waals surface area contributed by atoms with Gasteiger partial charge in [-0.1, -0.05) is 15.9 Å². The highest BCUT2D eigenvalue weighted by atomic mass is 79.9. The van der Waals surface area contributed by atoms with Crippen molar-refractivity contribution in [3.8, 4) is 0 Å². The molecule has 3 nitrogen and oxygen atoms in total. The summed E-state index contributed by atoms with van der Waals surface area (Å²) in [5.41, 5.74) is 0.988. The van der Waals surface area contributed by atoms with Crippen molar-refractivity contribution in [1.29, 1.82) is 0 Å². The first kappa shape index (κ1) is 11.2. The standard InChI is InChI=1S/C11H8BrFN2O/c12-9-1-7(2-10(13)3-9)11(16)8-4-14-6-15-5-8/h1-6,11,16H. The molecule has 0 aliphatic carbocycles. The molecule has 1 aromatic carbocycles. The summed E-state index contributed by atoms with van der Waals surface area (Å²) in [6, 6.07) is 4.26. The number of aromatic nitrogens is 2. The van der Waals surface area contributed by atoms with Crippen LogP contribution in [0.4, 0.5) is 4.39 Å². The number of aliphatic hydroxyl groups is 1. The number of hydrogen-bond donors (Lipinski definition) is 1. The van der Waals surface area contributed by atoms with E-state index in [2.05, 4.69) is 25.9 Å². The molecular formula is C11H8BrFN2O. The van der Waals surface area contributed by atoms with Gasteiger partial charge in [0.1, 0.15) is 18.2 Å². The summed E-state index contributed by atoms with van der Waals surface area (Å²) in [5.74, 6) is -0.403. The summed E-state index contributed by atoms with van der Waals surface area (Å²) in [6.07, 6.45) is 3.44. The summed E-state index contributed by atoms with van der Waals surface area (Å²) in [4.78, 5) is 7.60. The predicted octanol–water partition coefficient (Wildman–Crippen LogP) is 2.46. The fourth-order valence-electron chi connectivity index (χ4n) is 1.38. The molecule has 5 heteroatoms. The van der Waals surface area contributed by atoms with E-state index in [4.69, 9.17) is 0 Å². The molecule has 1 heterocycles. The summed E-state index contributed by atoms with van der Waals surface area (Å²) in [7, 11) is 0. The monoisotopic (exact) mass is 282 g/mol. The normalized spacial score (nSPS) is 12.4. The van der Waals surface area contributed by atoms with Gasteiger partial charge in [-0.25, -0.2) is 14.4 Å². The van der Waals surface area contributed by atoms with E-state index in [-0.39, 0.29) is 0 Å². The third-order valence-electron chi connectivity index (χ3n) is 2.10. The van der Waals surface area contributed by atoms with E-state index in [0.29, 0.717) is 15.6 Å². The van der Waals surface area contributed by atoms with E-state index >= 15 is 0 Å². The molecule has 0 radical (unpaired) electrons. The van der Waals surface area contributed by atoms with E-state index < -0.39 is 11.9 Å². The Labute approximate surface area is 100 Å². The topological polar surface area (TPSA) is 46.0 Å². The van der Waals surface area contributed by atoms with Crippen LogP contribution in [-0.2, 0) is 0 Å². The van der Waals surface area contributed by atoms with Gasteiger partial charge in [0.25, 0.3) is 0 Å². The first-order valence-electron chi connectivity index (χ1n) is 4.56. The van der Waals surface area contributed by atoms with E-state index in [0.717, 1.165) is 0 Å². The molecule has 0 saturated heterocycles. The van der Waals surface area contributed by atoms with Crippen molar-refractivity contribution >= 4 is 15.9 Å². The van der Waals surface area contributed by atoms with Gasteiger partial charge in [-0.2, -0.15) is 0 Å². The molecule has 16 heavy (non-hydrogen) atoms. The van der Waals surface area contributed by atoms with Gasteiger partial charge in [-0.15, -0.1) is 0 Å². The Morgan fingerprint density at radius 2 is 1.81 bits per heavy atom. The quantitative estimate of drug-likeness (QED) is 0.920. The van der Waals surface area contributed by atoms with Crippen LogP contribution in [0.15, 0.2) is 41.4 Å². The minimum atomic E-state index is -0.923. The molecule has 1 aromatic heterocycles. The average Bonchev–Trinajstić information content (AvgIpc) is 2.28. The number of rotatable bonds is 2. The van der Waals surface area contributed by atoms with Gasteiger partial charge in [-0.05, 0) is 23.8 Å². The van der Waals surface area contributed by atoms with Crippen LogP contribution in [0.5, 0.6) is 0 Å². The van der Waals surface area contributed by atoms with Crippen LogP contribution < -0.4 is 0 Å². The molecule has 0 saturated carbocycles. The molecule has 0 bridgehead atoms. The third kappa shape index (κ3) is 2.43. The molecule has 2 aromatic rings. The van der Waals surface area contributed by atoms with Crippen molar-refractivity contribution in [2.24, 2.45) is 0 Å². The Kier molecular flexibility index (Phi) is 3.26. The minimum absolute atomic E-state index is 0.403. The summed E-state index contributed by atoms with van der Waals surface area (Å²) < 4.78 is 13.7. The second kappa shape index (κ2) is 4.67. The summed E-state index contributed by atoms with van der Waals surface area (Å²) in [6.45, 7) is 0. The lowest BCUT2D eigenvalue weighted by Gasteiger charge is -2.10. The zero-order valence-electron chi connectivity index (χ0n) is 8.14. The van der Waals surface area contributed by atoms with E-state index in [1.54, 1.807) is 6.07 Å². The smallest absolute Gasteiger partial charge is 0.124 e. The van der Waals surface area contributed by atoms with Gasteiger partial charge in [0, 0.05) is 22.4 Å². The molecule has 1 N–H and O–H groups in total. The van der Waals surface area contributed by atoms with Crippen LogP contribution in [0.1, 0.15) is 17.2 Å². The Morgan fingerprint density at radius 3 is 2.44 bits per heavy atom. The van der Waals surface area contributed by atoms with Crippen molar-refractivity contribution in [3.05, 3.63) is 58.3 Å². The maximum atomic E-state index is 13.1. The Bertz CT molecular complexity index is 472. The molecule has 0 spiro atoms. The zero-order valence-corrected chi connectivity index (χ0v) is 9.73. The lowest BCUT2D eigenvalue weighted by atomic mass is 10.0. The highest BCUT2D eigenvalue weighted by Crippen LogP contribution is 2.24. The highest BCUT2D eigenvalue weighted by molar-refractivity contribution is 9.10. The van der Waals surface area contributed by atoms with Crippen molar-refractivity contribution in [2.45, 2.75) is 6.10 Å². The van der Waals surface area contributed by atoms with Crippen molar-refractivity contribution in [1.82, 2.24) is 9.97 Å². The van der Waals surface area contributed by atoms with Crippen LogP contribution in [0.2, 0.25) is 0 Å². The van der Waals surface area contributed by atoms with E-state index in [9.17, 15) is 9.50 Å². The van der Waals surface area contributed by atoms with Gasteiger partial charge in [0.2, 0.25) is 0 Å². The SMILES string of the molecule is OC(c1cncnc1)c1cc(F)cc(Br)c1. The van der Waals surface area contributed by atoms with Crippen molar-refractivity contribution < 1.29 is 9.50 Å². The third-order valence-corrected chi connectivity index (χ3v) is 2.55. The molecule has 0 amide bonds. The highest BCUT2D eigenvalue weighted by Gasteiger charge is 2.12. The Balaban J connectivity index is 2.37.